The van der Waals surface area contributed by atoms with Gasteiger partial charge in [-0.05, 0) is 42.5 Å². The Morgan fingerprint density at radius 2 is 1.67 bits per heavy atom. The first-order valence-corrected chi connectivity index (χ1v) is 8.66. The molecule has 0 amide bonds. The number of methoxy groups -OCH3 is 1. The fourth-order valence-electron chi connectivity index (χ4n) is 2.58. The number of nitrogens with one attached hydrogen (secondary N) is 1. The van der Waals surface area contributed by atoms with Gasteiger partial charge in [-0.25, -0.2) is 8.78 Å². The van der Waals surface area contributed by atoms with Crippen molar-refractivity contribution in [2.45, 2.75) is 13.2 Å². The van der Waals surface area contributed by atoms with Gasteiger partial charge >= 0.3 is 0 Å². The van der Waals surface area contributed by atoms with Gasteiger partial charge in [0.05, 0.1) is 12.1 Å². The van der Waals surface area contributed by atoms with Crippen LogP contribution in [0.1, 0.15) is 11.1 Å². The maximum absolute atomic E-state index is 13.2. The van der Waals surface area contributed by atoms with E-state index in [-0.39, 0.29) is 12.4 Å². The molecule has 3 aromatic carbocycles. The largest absolute Gasteiger partial charge is 0.493 e. The number of para-hydroxylation sites is 1. The van der Waals surface area contributed by atoms with Crippen LogP contribution in [0, 0.1) is 11.6 Å². The molecule has 0 radical (unpaired) electrons. The van der Waals surface area contributed by atoms with E-state index < -0.39 is 5.82 Å². The van der Waals surface area contributed by atoms with Gasteiger partial charge < -0.3 is 14.8 Å². The highest BCUT2D eigenvalue weighted by Crippen LogP contribution is 2.33. The minimum atomic E-state index is -0.398. The predicted molar refractivity (Wildman–Crippen MR) is 102 cm³/mol. The van der Waals surface area contributed by atoms with Crippen LogP contribution < -0.4 is 14.8 Å². The van der Waals surface area contributed by atoms with Crippen LogP contribution in [0.15, 0.2) is 60.7 Å². The Morgan fingerprint density at radius 3 is 2.37 bits per heavy atom. The minimum absolute atomic E-state index is 0.170. The molecule has 0 bridgehead atoms. The summed E-state index contributed by atoms with van der Waals surface area (Å²) >= 11 is 6.07. The molecular formula is C21H18ClF2NO2. The topological polar surface area (TPSA) is 30.5 Å². The molecular weight excluding hydrogens is 372 g/mol. The molecule has 1 N–H and O–H groups in total. The van der Waals surface area contributed by atoms with E-state index in [1.54, 1.807) is 31.4 Å². The fourth-order valence-corrected chi connectivity index (χ4v) is 2.80. The predicted octanol–water partition coefficient (Wildman–Crippen LogP) is 5.82. The first kappa shape index (κ1) is 19.0. The maximum atomic E-state index is 13.2. The summed E-state index contributed by atoms with van der Waals surface area (Å²) in [6.07, 6.45) is 0. The molecule has 0 saturated carbocycles. The van der Waals surface area contributed by atoms with Gasteiger partial charge in [-0.1, -0.05) is 29.8 Å². The van der Waals surface area contributed by atoms with Gasteiger partial charge in [0.2, 0.25) is 0 Å². The lowest BCUT2D eigenvalue weighted by Crippen LogP contribution is -2.05. The van der Waals surface area contributed by atoms with Crippen molar-refractivity contribution in [1.82, 2.24) is 0 Å². The van der Waals surface area contributed by atoms with Crippen molar-refractivity contribution in [3.8, 4) is 11.5 Å². The molecule has 6 heteroatoms. The van der Waals surface area contributed by atoms with E-state index in [0.717, 1.165) is 11.3 Å². The van der Waals surface area contributed by atoms with E-state index in [1.807, 2.05) is 12.1 Å². The highest BCUT2D eigenvalue weighted by atomic mass is 35.5. The van der Waals surface area contributed by atoms with Crippen LogP contribution in [-0.4, -0.2) is 7.11 Å². The maximum Gasteiger partial charge on any atom is 0.166 e. The fraction of sp³-hybridized carbons (Fsp3) is 0.143. The molecule has 0 atom stereocenters. The summed E-state index contributed by atoms with van der Waals surface area (Å²) in [6, 6.07) is 15.8. The molecule has 140 valence electrons. The van der Waals surface area contributed by atoms with Gasteiger partial charge in [-0.15, -0.1) is 0 Å². The van der Waals surface area contributed by atoms with Crippen LogP contribution in [0.2, 0.25) is 5.02 Å². The van der Waals surface area contributed by atoms with Crippen molar-refractivity contribution < 1.29 is 18.3 Å². The zero-order valence-electron chi connectivity index (χ0n) is 14.6. The van der Waals surface area contributed by atoms with Gasteiger partial charge in [0.15, 0.2) is 11.5 Å². The standard InChI is InChI=1S/C21H18ClF2NO2/c1-26-20-4-2-3-14(12-25-18-9-7-16(23)8-10-18)21(20)27-13-15-5-6-17(24)11-19(15)22/h2-11,25H,12-13H2,1H3. The summed E-state index contributed by atoms with van der Waals surface area (Å²) < 4.78 is 37.6. The lowest BCUT2D eigenvalue weighted by molar-refractivity contribution is 0.281. The SMILES string of the molecule is COc1cccc(CNc2ccc(F)cc2)c1OCc1ccc(F)cc1Cl. The Balaban J connectivity index is 1.77. The molecule has 0 aromatic heterocycles. The molecule has 0 aliphatic heterocycles. The number of rotatable bonds is 7. The molecule has 0 aliphatic rings. The summed E-state index contributed by atoms with van der Waals surface area (Å²) in [5.41, 5.74) is 2.31. The average Bonchev–Trinajstić information content (AvgIpc) is 2.67. The molecule has 3 aromatic rings. The van der Waals surface area contributed by atoms with Crippen molar-refractivity contribution in [3.05, 3.63) is 88.4 Å². The molecule has 0 fully saturated rings. The summed E-state index contributed by atoms with van der Waals surface area (Å²) in [7, 11) is 1.56. The summed E-state index contributed by atoms with van der Waals surface area (Å²) in [4.78, 5) is 0. The van der Waals surface area contributed by atoms with Gasteiger partial charge in [-0.2, -0.15) is 0 Å². The van der Waals surface area contributed by atoms with Crippen molar-refractivity contribution in [3.63, 3.8) is 0 Å². The first-order chi connectivity index (χ1) is 13.1. The number of hydrogen-bond donors (Lipinski definition) is 1. The van der Waals surface area contributed by atoms with Gasteiger partial charge in [0.1, 0.15) is 18.2 Å². The Bertz CT molecular complexity index is 917. The number of hydrogen-bond acceptors (Lipinski definition) is 3. The highest BCUT2D eigenvalue weighted by molar-refractivity contribution is 6.31. The molecule has 27 heavy (non-hydrogen) atoms. The molecule has 0 aliphatic carbocycles. The molecule has 0 saturated heterocycles. The van der Waals surface area contributed by atoms with Crippen LogP contribution in [0.4, 0.5) is 14.5 Å². The normalized spacial score (nSPS) is 10.5. The van der Waals surface area contributed by atoms with Gasteiger partial charge in [0.25, 0.3) is 0 Å². The molecule has 0 heterocycles. The van der Waals surface area contributed by atoms with E-state index in [0.29, 0.717) is 28.6 Å². The third kappa shape index (κ3) is 4.89. The van der Waals surface area contributed by atoms with Crippen LogP contribution in [0.5, 0.6) is 11.5 Å². The number of ether oxygens (including phenoxy) is 2. The van der Waals surface area contributed by atoms with Gasteiger partial charge in [-0.3, -0.25) is 0 Å². The average molecular weight is 390 g/mol. The van der Waals surface area contributed by atoms with E-state index >= 15 is 0 Å². The second-order valence-electron chi connectivity index (χ2n) is 5.83. The Hall–Kier alpha value is -2.79. The third-order valence-corrected chi connectivity index (χ3v) is 4.35. The van der Waals surface area contributed by atoms with Gasteiger partial charge in [0, 0.05) is 23.4 Å². The smallest absolute Gasteiger partial charge is 0.166 e. The molecule has 0 spiro atoms. The van der Waals surface area contributed by atoms with E-state index in [2.05, 4.69) is 5.32 Å². The summed E-state index contributed by atoms with van der Waals surface area (Å²) in [5.74, 6) is 0.453. The Morgan fingerprint density at radius 1 is 0.926 bits per heavy atom. The Labute approximate surface area is 161 Å². The molecule has 3 rings (SSSR count). The zero-order chi connectivity index (χ0) is 19.2. The van der Waals surface area contributed by atoms with Crippen molar-refractivity contribution in [1.29, 1.82) is 0 Å². The number of benzene rings is 3. The van der Waals surface area contributed by atoms with Crippen molar-refractivity contribution >= 4 is 17.3 Å². The lowest BCUT2D eigenvalue weighted by Gasteiger charge is -2.16. The van der Waals surface area contributed by atoms with E-state index in [1.165, 1.54) is 24.3 Å². The van der Waals surface area contributed by atoms with Crippen LogP contribution in [-0.2, 0) is 13.2 Å². The number of halogens is 3. The second-order valence-corrected chi connectivity index (χ2v) is 6.24. The van der Waals surface area contributed by atoms with E-state index in [4.69, 9.17) is 21.1 Å². The van der Waals surface area contributed by atoms with E-state index in [9.17, 15) is 8.78 Å². The zero-order valence-corrected chi connectivity index (χ0v) is 15.4. The Kier molecular flexibility index (Phi) is 6.14. The van der Waals surface area contributed by atoms with Crippen LogP contribution in [0.3, 0.4) is 0 Å². The van der Waals surface area contributed by atoms with Crippen molar-refractivity contribution in [2.24, 2.45) is 0 Å². The second kappa shape index (κ2) is 8.73. The summed E-state index contributed by atoms with van der Waals surface area (Å²) in [5, 5.41) is 3.52. The third-order valence-electron chi connectivity index (χ3n) is 3.99. The molecule has 3 nitrogen and oxygen atoms in total. The lowest BCUT2D eigenvalue weighted by atomic mass is 10.1. The van der Waals surface area contributed by atoms with Crippen LogP contribution in [0.25, 0.3) is 0 Å². The highest BCUT2D eigenvalue weighted by Gasteiger charge is 2.12. The number of anilines is 1. The summed E-state index contributed by atoms with van der Waals surface area (Å²) in [6.45, 7) is 0.623. The first-order valence-electron chi connectivity index (χ1n) is 8.29. The van der Waals surface area contributed by atoms with Crippen LogP contribution >= 0.6 is 11.6 Å². The monoisotopic (exact) mass is 389 g/mol. The van der Waals surface area contributed by atoms with Crippen molar-refractivity contribution in [2.75, 3.05) is 12.4 Å². The minimum Gasteiger partial charge on any atom is -0.493 e. The molecule has 0 unspecified atom stereocenters. The quantitative estimate of drug-likeness (QED) is 0.552.